The Morgan fingerprint density at radius 2 is 2.19 bits per heavy atom. The van der Waals surface area contributed by atoms with Crippen molar-refractivity contribution in [2.75, 3.05) is 13.1 Å². The molecule has 0 bridgehead atoms. The summed E-state index contributed by atoms with van der Waals surface area (Å²) in [5, 5.41) is 13.7. The lowest BCUT2D eigenvalue weighted by atomic mass is 9.65. The quantitative estimate of drug-likeness (QED) is 0.794. The van der Waals surface area contributed by atoms with Crippen LogP contribution in [0.4, 0.5) is 0 Å². The molecule has 4 rings (SSSR count). The lowest BCUT2D eigenvalue weighted by molar-refractivity contribution is 0.0777. The van der Waals surface area contributed by atoms with Crippen molar-refractivity contribution in [3.63, 3.8) is 0 Å². The van der Waals surface area contributed by atoms with Crippen LogP contribution in [0.2, 0.25) is 0 Å². The largest absolute Gasteiger partial charge is 0.350 e. The molecule has 3 aliphatic rings. The van der Waals surface area contributed by atoms with Crippen molar-refractivity contribution < 1.29 is 4.79 Å². The number of halogens is 1. The molecule has 5 nitrogen and oxygen atoms in total. The maximum absolute atomic E-state index is 12.4. The van der Waals surface area contributed by atoms with Crippen LogP contribution in [0, 0.1) is 11.3 Å². The Hall–Kier alpha value is -1.07. The van der Waals surface area contributed by atoms with E-state index in [4.69, 9.17) is 0 Å². The zero-order valence-corrected chi connectivity index (χ0v) is 13.0. The number of H-pyrrole nitrogens is 1. The summed E-state index contributed by atoms with van der Waals surface area (Å²) in [5.74, 6) is 0.865. The van der Waals surface area contributed by atoms with E-state index in [1.165, 1.54) is 32.1 Å². The van der Waals surface area contributed by atoms with E-state index in [1.807, 2.05) is 0 Å². The second-order valence-electron chi connectivity index (χ2n) is 6.63. The van der Waals surface area contributed by atoms with Crippen LogP contribution in [0.15, 0.2) is 0 Å². The number of hydrogen-bond donors (Lipinski definition) is 3. The molecule has 0 saturated heterocycles. The molecule has 1 aliphatic heterocycles. The minimum absolute atomic E-state index is 0. The van der Waals surface area contributed by atoms with Crippen LogP contribution in [0.3, 0.4) is 0 Å². The van der Waals surface area contributed by atoms with E-state index in [-0.39, 0.29) is 18.3 Å². The molecule has 0 spiro atoms. The second-order valence-corrected chi connectivity index (χ2v) is 6.63. The summed E-state index contributed by atoms with van der Waals surface area (Å²) in [5.41, 5.74) is 3.19. The standard InChI is InChI=1S/C15H22N4O.ClH/c20-14(13-11-8-16-7-4-12(11)18-19-13)17-9-15(5-1-6-15)10-2-3-10;/h10,16H,1-9H2,(H,17,20)(H,18,19);1H. The highest BCUT2D eigenvalue weighted by Crippen LogP contribution is 2.56. The molecular formula is C15H23ClN4O. The molecule has 21 heavy (non-hydrogen) atoms. The first-order chi connectivity index (χ1) is 9.78. The summed E-state index contributed by atoms with van der Waals surface area (Å²) < 4.78 is 0. The topological polar surface area (TPSA) is 69.8 Å². The fraction of sp³-hybridized carbons (Fsp3) is 0.733. The fourth-order valence-electron chi connectivity index (χ4n) is 3.81. The van der Waals surface area contributed by atoms with Crippen molar-refractivity contribution in [1.29, 1.82) is 0 Å². The van der Waals surface area contributed by atoms with Gasteiger partial charge in [0.25, 0.3) is 5.91 Å². The maximum atomic E-state index is 12.4. The van der Waals surface area contributed by atoms with Gasteiger partial charge in [-0.15, -0.1) is 12.4 Å². The van der Waals surface area contributed by atoms with Gasteiger partial charge in [-0.25, -0.2) is 0 Å². The molecule has 2 saturated carbocycles. The van der Waals surface area contributed by atoms with Gasteiger partial charge in [-0.3, -0.25) is 9.89 Å². The molecule has 1 aromatic heterocycles. The Morgan fingerprint density at radius 1 is 1.38 bits per heavy atom. The molecule has 0 radical (unpaired) electrons. The molecule has 0 aromatic carbocycles. The Balaban J connectivity index is 0.00000132. The zero-order chi connectivity index (χ0) is 13.6. The summed E-state index contributed by atoms with van der Waals surface area (Å²) in [7, 11) is 0. The molecule has 116 valence electrons. The summed E-state index contributed by atoms with van der Waals surface area (Å²) in [4.78, 5) is 12.4. The van der Waals surface area contributed by atoms with Gasteiger partial charge in [0.1, 0.15) is 0 Å². The SMILES string of the molecule is Cl.O=C(NCC1(C2CC2)CCC1)c1n[nH]c2c1CNCC2. The van der Waals surface area contributed by atoms with Crippen LogP contribution >= 0.6 is 12.4 Å². The molecule has 6 heteroatoms. The Bertz CT molecular complexity index is 534. The number of nitrogens with zero attached hydrogens (tertiary/aromatic N) is 1. The average molecular weight is 311 g/mol. The highest BCUT2D eigenvalue weighted by molar-refractivity contribution is 5.94. The Morgan fingerprint density at radius 3 is 2.86 bits per heavy atom. The molecule has 2 fully saturated rings. The minimum Gasteiger partial charge on any atom is -0.350 e. The lowest BCUT2D eigenvalue weighted by Gasteiger charge is -2.42. The third-order valence-electron chi connectivity index (χ3n) is 5.42. The van der Waals surface area contributed by atoms with Crippen LogP contribution in [-0.4, -0.2) is 29.2 Å². The number of rotatable bonds is 4. The van der Waals surface area contributed by atoms with Gasteiger partial charge in [0, 0.05) is 37.3 Å². The number of nitrogens with one attached hydrogen (secondary N) is 3. The summed E-state index contributed by atoms with van der Waals surface area (Å²) in [6, 6.07) is 0. The molecule has 0 atom stereocenters. The van der Waals surface area contributed by atoms with E-state index in [2.05, 4.69) is 20.8 Å². The van der Waals surface area contributed by atoms with E-state index in [0.29, 0.717) is 11.1 Å². The van der Waals surface area contributed by atoms with E-state index in [0.717, 1.165) is 43.2 Å². The van der Waals surface area contributed by atoms with Gasteiger partial charge in [-0.2, -0.15) is 5.10 Å². The number of amides is 1. The number of carbonyl (C=O) groups excluding carboxylic acids is 1. The summed E-state index contributed by atoms with van der Waals surface area (Å²) >= 11 is 0. The van der Waals surface area contributed by atoms with Gasteiger partial charge in [-0.1, -0.05) is 6.42 Å². The van der Waals surface area contributed by atoms with Gasteiger partial charge in [0.15, 0.2) is 5.69 Å². The Labute approximate surface area is 131 Å². The van der Waals surface area contributed by atoms with Crippen LogP contribution in [0.25, 0.3) is 0 Å². The van der Waals surface area contributed by atoms with Gasteiger partial charge in [-0.05, 0) is 37.0 Å². The normalized spacial score (nSPS) is 22.7. The van der Waals surface area contributed by atoms with Gasteiger partial charge >= 0.3 is 0 Å². The smallest absolute Gasteiger partial charge is 0.272 e. The summed E-state index contributed by atoms with van der Waals surface area (Å²) in [6.07, 6.45) is 7.56. The minimum atomic E-state index is -0.00174. The molecule has 1 aromatic rings. The van der Waals surface area contributed by atoms with Crippen LogP contribution in [-0.2, 0) is 13.0 Å². The second kappa shape index (κ2) is 5.61. The average Bonchev–Trinajstić information content (AvgIpc) is 3.17. The van der Waals surface area contributed by atoms with Gasteiger partial charge in [0.05, 0.1) is 0 Å². The molecule has 0 unspecified atom stereocenters. The van der Waals surface area contributed by atoms with E-state index in [9.17, 15) is 4.79 Å². The van der Waals surface area contributed by atoms with Crippen LogP contribution in [0.5, 0.6) is 0 Å². The van der Waals surface area contributed by atoms with Crippen LogP contribution in [0.1, 0.15) is 53.8 Å². The van der Waals surface area contributed by atoms with Crippen molar-refractivity contribution in [3.8, 4) is 0 Å². The highest BCUT2D eigenvalue weighted by atomic mass is 35.5. The van der Waals surface area contributed by atoms with Crippen molar-refractivity contribution >= 4 is 18.3 Å². The number of aromatic nitrogens is 2. The number of aromatic amines is 1. The molecule has 1 amide bonds. The lowest BCUT2D eigenvalue weighted by Crippen LogP contribution is -2.44. The van der Waals surface area contributed by atoms with Crippen LogP contribution < -0.4 is 10.6 Å². The van der Waals surface area contributed by atoms with Crippen molar-refractivity contribution in [3.05, 3.63) is 17.0 Å². The van der Waals surface area contributed by atoms with Crippen molar-refractivity contribution in [2.45, 2.75) is 45.1 Å². The van der Waals surface area contributed by atoms with E-state index < -0.39 is 0 Å². The van der Waals surface area contributed by atoms with E-state index >= 15 is 0 Å². The van der Waals surface area contributed by atoms with Crippen molar-refractivity contribution in [1.82, 2.24) is 20.8 Å². The third-order valence-corrected chi connectivity index (χ3v) is 5.42. The first kappa shape index (κ1) is 14.9. The number of hydrogen-bond acceptors (Lipinski definition) is 3. The number of carbonyl (C=O) groups is 1. The van der Waals surface area contributed by atoms with E-state index in [1.54, 1.807) is 0 Å². The highest BCUT2D eigenvalue weighted by Gasteiger charge is 2.49. The monoisotopic (exact) mass is 310 g/mol. The third kappa shape index (κ3) is 2.57. The first-order valence-corrected chi connectivity index (χ1v) is 7.83. The molecule has 3 N–H and O–H groups in total. The fourth-order valence-corrected chi connectivity index (χ4v) is 3.81. The first-order valence-electron chi connectivity index (χ1n) is 7.83. The predicted octanol–water partition coefficient (Wildman–Crippen LogP) is 1.79. The maximum Gasteiger partial charge on any atom is 0.272 e. The summed E-state index contributed by atoms with van der Waals surface area (Å²) in [6.45, 7) is 2.55. The van der Waals surface area contributed by atoms with Crippen molar-refractivity contribution in [2.24, 2.45) is 11.3 Å². The number of fused-ring (bicyclic) bond motifs is 1. The molecule has 2 heterocycles. The molecule has 2 aliphatic carbocycles. The van der Waals surface area contributed by atoms with Gasteiger partial charge in [0.2, 0.25) is 0 Å². The predicted molar refractivity (Wildman–Crippen MR) is 82.6 cm³/mol. The van der Waals surface area contributed by atoms with Gasteiger partial charge < -0.3 is 10.6 Å². The molecular weight excluding hydrogens is 288 g/mol. The zero-order valence-electron chi connectivity index (χ0n) is 12.2. The Kier molecular flexibility index (Phi) is 3.97.